The minimum absolute atomic E-state index is 0.0865. The zero-order valence-corrected chi connectivity index (χ0v) is 10.4. The van der Waals surface area contributed by atoms with Crippen LogP contribution in [0.1, 0.15) is 13.3 Å². The summed E-state index contributed by atoms with van der Waals surface area (Å²) in [4.78, 5) is 11.3. The predicted molar refractivity (Wildman–Crippen MR) is 66.3 cm³/mol. The van der Waals surface area contributed by atoms with Crippen molar-refractivity contribution in [2.45, 2.75) is 19.4 Å². The number of rotatable bonds is 6. The first-order valence-corrected chi connectivity index (χ1v) is 5.82. The summed E-state index contributed by atoms with van der Waals surface area (Å²) in [5, 5.41) is 12.4. The van der Waals surface area contributed by atoms with Crippen LogP contribution in [0.5, 0.6) is 5.75 Å². The maximum absolute atomic E-state index is 11.3. The highest BCUT2D eigenvalue weighted by Gasteiger charge is 2.05. The van der Waals surface area contributed by atoms with Crippen molar-refractivity contribution in [3.05, 3.63) is 29.3 Å². The first kappa shape index (κ1) is 13.8. The van der Waals surface area contributed by atoms with Crippen molar-refractivity contribution < 1.29 is 14.6 Å². The van der Waals surface area contributed by atoms with Crippen molar-refractivity contribution in [3.63, 3.8) is 0 Å². The smallest absolute Gasteiger partial charge is 0.258 e. The third-order valence-electron chi connectivity index (χ3n) is 2.17. The summed E-state index contributed by atoms with van der Waals surface area (Å²) in [6, 6.07) is 6.83. The molecular weight excluding hydrogens is 242 g/mol. The maximum atomic E-state index is 11.3. The molecule has 0 radical (unpaired) electrons. The largest absolute Gasteiger partial charge is 0.484 e. The summed E-state index contributed by atoms with van der Waals surface area (Å²) in [5.41, 5.74) is 0. The minimum atomic E-state index is -0.509. The fourth-order valence-corrected chi connectivity index (χ4v) is 1.31. The van der Waals surface area contributed by atoms with Gasteiger partial charge in [0.15, 0.2) is 6.61 Å². The van der Waals surface area contributed by atoms with Crippen molar-refractivity contribution in [2.24, 2.45) is 0 Å². The topological polar surface area (TPSA) is 58.6 Å². The van der Waals surface area contributed by atoms with Crippen molar-refractivity contribution in [1.82, 2.24) is 5.32 Å². The molecule has 0 fully saturated rings. The number of ether oxygens (including phenoxy) is 1. The van der Waals surface area contributed by atoms with Crippen LogP contribution in [0.4, 0.5) is 0 Å². The Balaban J connectivity index is 2.28. The molecule has 1 aromatic rings. The number of carbonyl (C=O) groups excluding carboxylic acids is 1. The number of aliphatic hydroxyl groups is 1. The van der Waals surface area contributed by atoms with Crippen LogP contribution >= 0.6 is 11.6 Å². The van der Waals surface area contributed by atoms with E-state index in [0.29, 0.717) is 17.2 Å². The molecule has 5 heteroatoms. The molecule has 0 saturated heterocycles. The summed E-state index contributed by atoms with van der Waals surface area (Å²) >= 11 is 5.77. The molecule has 2 N–H and O–H groups in total. The van der Waals surface area contributed by atoms with Crippen LogP contribution in [-0.2, 0) is 4.79 Å². The van der Waals surface area contributed by atoms with Crippen molar-refractivity contribution in [1.29, 1.82) is 0 Å². The lowest BCUT2D eigenvalue weighted by Gasteiger charge is -2.10. The van der Waals surface area contributed by atoms with Gasteiger partial charge in [-0.1, -0.05) is 24.6 Å². The first-order chi connectivity index (χ1) is 8.11. The summed E-state index contributed by atoms with van der Waals surface area (Å²) in [6.07, 6.45) is 0.0974. The van der Waals surface area contributed by atoms with Crippen LogP contribution in [0.15, 0.2) is 24.3 Å². The van der Waals surface area contributed by atoms with Crippen molar-refractivity contribution in [3.8, 4) is 5.75 Å². The van der Waals surface area contributed by atoms with Gasteiger partial charge in [0.05, 0.1) is 6.10 Å². The van der Waals surface area contributed by atoms with Gasteiger partial charge in [0.25, 0.3) is 5.91 Å². The second-order valence-corrected chi connectivity index (χ2v) is 4.05. The number of halogens is 1. The van der Waals surface area contributed by atoms with E-state index in [1.165, 1.54) is 0 Å². The van der Waals surface area contributed by atoms with Crippen LogP contribution in [-0.4, -0.2) is 30.3 Å². The summed E-state index contributed by atoms with van der Waals surface area (Å²) < 4.78 is 5.24. The number of nitrogens with one attached hydrogen (secondary N) is 1. The standard InChI is InChI=1S/C12H16ClNO3/c1-2-10(15)7-14-12(16)8-17-11-5-3-4-9(13)6-11/h3-6,10,15H,2,7-8H2,1H3,(H,14,16). The van der Waals surface area contributed by atoms with Gasteiger partial charge in [0.1, 0.15) is 5.75 Å². The van der Waals surface area contributed by atoms with E-state index in [2.05, 4.69) is 5.32 Å². The Labute approximate surface area is 106 Å². The summed E-state index contributed by atoms with van der Waals surface area (Å²) in [7, 11) is 0. The zero-order valence-electron chi connectivity index (χ0n) is 9.65. The highest BCUT2D eigenvalue weighted by Crippen LogP contribution is 2.16. The molecule has 17 heavy (non-hydrogen) atoms. The van der Waals surface area contributed by atoms with Gasteiger partial charge in [-0.25, -0.2) is 0 Å². The molecule has 1 aromatic carbocycles. The van der Waals surface area contributed by atoms with Crippen LogP contribution < -0.4 is 10.1 Å². The summed E-state index contributed by atoms with van der Waals surface area (Å²) in [5.74, 6) is 0.279. The zero-order chi connectivity index (χ0) is 12.7. The molecule has 0 aliphatic rings. The van der Waals surface area contributed by atoms with Gasteiger partial charge in [0.2, 0.25) is 0 Å². The highest BCUT2D eigenvalue weighted by molar-refractivity contribution is 6.30. The predicted octanol–water partition coefficient (Wildman–Crippen LogP) is 1.61. The van der Waals surface area contributed by atoms with Crippen LogP contribution in [0.25, 0.3) is 0 Å². The van der Waals surface area contributed by atoms with E-state index in [1.54, 1.807) is 24.3 Å². The number of benzene rings is 1. The van der Waals surface area contributed by atoms with Gasteiger partial charge < -0.3 is 15.2 Å². The second kappa shape index (κ2) is 7.14. The van der Waals surface area contributed by atoms with Gasteiger partial charge in [-0.2, -0.15) is 0 Å². The minimum Gasteiger partial charge on any atom is -0.484 e. The van der Waals surface area contributed by atoms with Gasteiger partial charge in [-0.15, -0.1) is 0 Å². The Hall–Kier alpha value is -1.26. The van der Waals surface area contributed by atoms with Gasteiger partial charge in [0, 0.05) is 11.6 Å². The Bertz CT molecular complexity index is 371. The number of hydrogen-bond acceptors (Lipinski definition) is 3. The normalized spacial score (nSPS) is 11.9. The molecule has 94 valence electrons. The van der Waals surface area contributed by atoms with E-state index in [4.69, 9.17) is 16.3 Å². The maximum Gasteiger partial charge on any atom is 0.258 e. The number of aliphatic hydroxyl groups excluding tert-OH is 1. The number of hydrogen-bond donors (Lipinski definition) is 2. The fraction of sp³-hybridized carbons (Fsp3) is 0.417. The molecule has 0 aromatic heterocycles. The molecule has 0 spiro atoms. The Morgan fingerprint density at radius 1 is 1.59 bits per heavy atom. The van der Waals surface area contributed by atoms with Gasteiger partial charge in [-0.3, -0.25) is 4.79 Å². The Morgan fingerprint density at radius 3 is 3.00 bits per heavy atom. The molecule has 1 amide bonds. The number of carbonyl (C=O) groups is 1. The highest BCUT2D eigenvalue weighted by atomic mass is 35.5. The lowest BCUT2D eigenvalue weighted by atomic mass is 10.3. The van der Waals surface area contributed by atoms with Crippen molar-refractivity contribution >= 4 is 17.5 Å². The Kier molecular flexibility index (Phi) is 5.80. The number of amides is 1. The molecule has 1 rings (SSSR count). The average molecular weight is 258 g/mol. The summed E-state index contributed by atoms with van der Waals surface area (Å²) in [6.45, 7) is 2.00. The molecule has 0 aliphatic carbocycles. The van der Waals surface area contributed by atoms with Crippen molar-refractivity contribution in [2.75, 3.05) is 13.2 Å². The molecule has 1 atom stereocenters. The molecular formula is C12H16ClNO3. The molecule has 0 heterocycles. The average Bonchev–Trinajstić information content (AvgIpc) is 2.33. The van der Waals surface area contributed by atoms with Gasteiger partial charge >= 0.3 is 0 Å². The monoisotopic (exact) mass is 257 g/mol. The van der Waals surface area contributed by atoms with Gasteiger partial charge in [-0.05, 0) is 24.6 Å². The van der Waals surface area contributed by atoms with E-state index >= 15 is 0 Å². The third kappa shape index (κ3) is 5.56. The van der Waals surface area contributed by atoms with E-state index in [9.17, 15) is 9.90 Å². The lowest BCUT2D eigenvalue weighted by molar-refractivity contribution is -0.123. The van der Waals surface area contributed by atoms with Crippen LogP contribution in [0, 0.1) is 0 Å². The van der Waals surface area contributed by atoms with E-state index in [-0.39, 0.29) is 19.1 Å². The first-order valence-electron chi connectivity index (χ1n) is 5.45. The Morgan fingerprint density at radius 2 is 2.35 bits per heavy atom. The molecule has 0 aliphatic heterocycles. The molecule has 4 nitrogen and oxygen atoms in total. The SMILES string of the molecule is CCC(O)CNC(=O)COc1cccc(Cl)c1. The third-order valence-corrected chi connectivity index (χ3v) is 2.41. The van der Waals surface area contributed by atoms with Crippen LogP contribution in [0.2, 0.25) is 5.02 Å². The second-order valence-electron chi connectivity index (χ2n) is 3.61. The lowest BCUT2D eigenvalue weighted by Crippen LogP contribution is -2.35. The molecule has 1 unspecified atom stereocenters. The van der Waals surface area contributed by atoms with E-state index < -0.39 is 6.10 Å². The molecule has 0 saturated carbocycles. The van der Waals surface area contributed by atoms with E-state index in [0.717, 1.165) is 0 Å². The molecule has 0 bridgehead atoms. The quantitative estimate of drug-likeness (QED) is 0.814. The fourth-order valence-electron chi connectivity index (χ4n) is 1.13. The van der Waals surface area contributed by atoms with E-state index in [1.807, 2.05) is 6.92 Å². The van der Waals surface area contributed by atoms with Crippen LogP contribution in [0.3, 0.4) is 0 Å².